The number of nitrogens with one attached hydrogen (secondary N) is 1. The fourth-order valence-corrected chi connectivity index (χ4v) is 5.19. The molecule has 0 unspecified atom stereocenters. The first-order valence-electron chi connectivity index (χ1n) is 9.03. The molecular weight excluding hydrogens is 418 g/mol. The van der Waals surface area contributed by atoms with Crippen molar-refractivity contribution in [1.29, 1.82) is 0 Å². The van der Waals surface area contributed by atoms with Gasteiger partial charge in [-0.2, -0.15) is 4.31 Å². The highest BCUT2D eigenvalue weighted by atomic mass is 35.5. The molecule has 9 heteroatoms. The molecule has 2 aromatic rings. The number of hydrogen-bond acceptors (Lipinski definition) is 5. The maximum atomic E-state index is 12.7. The van der Waals surface area contributed by atoms with Gasteiger partial charge in [0.1, 0.15) is 5.01 Å². The summed E-state index contributed by atoms with van der Waals surface area (Å²) in [6, 6.07) is 4.19. The lowest BCUT2D eigenvalue weighted by Crippen LogP contribution is -2.31. The molecule has 0 fully saturated rings. The van der Waals surface area contributed by atoms with Crippen LogP contribution < -0.4 is 5.32 Å². The smallest absolute Gasteiger partial charge is 0.253 e. The van der Waals surface area contributed by atoms with E-state index in [0.717, 1.165) is 10.7 Å². The van der Waals surface area contributed by atoms with Crippen molar-refractivity contribution in [2.45, 2.75) is 51.5 Å². The highest BCUT2D eigenvalue weighted by molar-refractivity contribution is 7.89. The zero-order valence-corrected chi connectivity index (χ0v) is 19.1. The van der Waals surface area contributed by atoms with Gasteiger partial charge in [-0.3, -0.25) is 4.79 Å². The zero-order chi connectivity index (χ0) is 21.1. The Labute approximate surface area is 176 Å². The van der Waals surface area contributed by atoms with Crippen molar-refractivity contribution in [2.75, 3.05) is 13.1 Å². The Balaban J connectivity index is 2.20. The van der Waals surface area contributed by atoms with Gasteiger partial charge in [-0.1, -0.05) is 46.2 Å². The molecular formula is C19H26ClN3O3S2. The van der Waals surface area contributed by atoms with Crippen LogP contribution in [-0.2, 0) is 22.0 Å². The van der Waals surface area contributed by atoms with Gasteiger partial charge < -0.3 is 5.32 Å². The second-order valence-electron chi connectivity index (χ2n) is 7.29. The van der Waals surface area contributed by atoms with Crippen molar-refractivity contribution < 1.29 is 13.2 Å². The molecule has 0 aliphatic rings. The van der Waals surface area contributed by atoms with Gasteiger partial charge in [0.15, 0.2) is 0 Å². The Bertz CT molecular complexity index is 946. The van der Waals surface area contributed by atoms with Crippen LogP contribution in [0.1, 0.15) is 55.7 Å². The number of carbonyl (C=O) groups excluding carboxylic acids is 1. The summed E-state index contributed by atoms with van der Waals surface area (Å²) < 4.78 is 26.7. The average molecular weight is 444 g/mol. The van der Waals surface area contributed by atoms with E-state index in [1.807, 2.05) is 5.38 Å². The summed E-state index contributed by atoms with van der Waals surface area (Å²) >= 11 is 7.63. The number of aromatic nitrogens is 1. The predicted molar refractivity (Wildman–Crippen MR) is 114 cm³/mol. The largest absolute Gasteiger partial charge is 0.345 e. The van der Waals surface area contributed by atoms with Crippen LogP contribution >= 0.6 is 22.9 Å². The topological polar surface area (TPSA) is 79.4 Å². The van der Waals surface area contributed by atoms with E-state index in [1.165, 1.54) is 33.8 Å². The number of halogens is 1. The number of benzene rings is 1. The molecule has 0 aliphatic carbocycles. The molecule has 154 valence electrons. The summed E-state index contributed by atoms with van der Waals surface area (Å²) in [5.41, 5.74) is 1.03. The third-order valence-electron chi connectivity index (χ3n) is 4.25. The second kappa shape index (κ2) is 8.90. The molecule has 1 amide bonds. The lowest BCUT2D eigenvalue weighted by molar-refractivity contribution is 0.0951. The third kappa shape index (κ3) is 5.11. The molecule has 0 radical (unpaired) electrons. The first-order chi connectivity index (χ1) is 13.0. The molecule has 0 spiro atoms. The molecule has 1 N–H and O–H groups in total. The van der Waals surface area contributed by atoms with Crippen molar-refractivity contribution in [2.24, 2.45) is 0 Å². The van der Waals surface area contributed by atoms with Crippen LogP contribution in [0, 0.1) is 0 Å². The lowest BCUT2D eigenvalue weighted by Gasteiger charge is -2.19. The van der Waals surface area contributed by atoms with Crippen molar-refractivity contribution in [3.63, 3.8) is 0 Å². The second-order valence-corrected chi connectivity index (χ2v) is 10.6. The minimum Gasteiger partial charge on any atom is -0.345 e. The average Bonchev–Trinajstić information content (AvgIpc) is 3.10. The minimum absolute atomic E-state index is 0.0509. The van der Waals surface area contributed by atoms with E-state index in [0.29, 0.717) is 13.1 Å². The normalized spacial score (nSPS) is 12.4. The first-order valence-corrected chi connectivity index (χ1v) is 11.7. The monoisotopic (exact) mass is 443 g/mol. The minimum atomic E-state index is -3.67. The summed E-state index contributed by atoms with van der Waals surface area (Å²) in [6.07, 6.45) is 0. The molecule has 1 aromatic heterocycles. The summed E-state index contributed by atoms with van der Waals surface area (Å²) in [6.45, 7) is 10.7. The number of amides is 1. The van der Waals surface area contributed by atoms with Crippen LogP contribution in [0.25, 0.3) is 0 Å². The fraction of sp³-hybridized carbons (Fsp3) is 0.474. The van der Waals surface area contributed by atoms with Crippen LogP contribution in [0.2, 0.25) is 5.02 Å². The zero-order valence-electron chi connectivity index (χ0n) is 16.7. The Morgan fingerprint density at radius 1 is 1.25 bits per heavy atom. The third-order valence-corrected chi connectivity index (χ3v) is 7.47. The molecule has 0 saturated carbocycles. The Morgan fingerprint density at radius 3 is 2.43 bits per heavy atom. The lowest BCUT2D eigenvalue weighted by atomic mass is 9.93. The summed E-state index contributed by atoms with van der Waals surface area (Å²) in [7, 11) is -3.67. The van der Waals surface area contributed by atoms with Crippen molar-refractivity contribution >= 4 is 38.9 Å². The Hall–Kier alpha value is -1.48. The SMILES string of the molecule is CCN(CC)S(=O)(=O)c1ccc(Cl)c(C(=O)NCc2nc(C(C)(C)C)cs2)c1. The maximum Gasteiger partial charge on any atom is 0.253 e. The molecule has 28 heavy (non-hydrogen) atoms. The van der Waals surface area contributed by atoms with E-state index < -0.39 is 15.9 Å². The fourth-order valence-electron chi connectivity index (χ4n) is 2.54. The van der Waals surface area contributed by atoms with E-state index >= 15 is 0 Å². The molecule has 2 rings (SSSR count). The van der Waals surface area contributed by atoms with Gasteiger partial charge >= 0.3 is 0 Å². The van der Waals surface area contributed by atoms with Gasteiger partial charge in [0.05, 0.1) is 27.7 Å². The standard InChI is InChI=1S/C19H26ClN3O3S2/c1-6-23(7-2)28(25,26)13-8-9-15(20)14(10-13)18(24)21-11-17-22-16(12-27-17)19(3,4)5/h8-10,12H,6-7,11H2,1-5H3,(H,21,24). The van der Waals surface area contributed by atoms with Crippen LogP contribution in [0.3, 0.4) is 0 Å². The molecule has 1 aromatic carbocycles. The van der Waals surface area contributed by atoms with Gasteiger partial charge in [-0.25, -0.2) is 13.4 Å². The Kier molecular flexibility index (Phi) is 7.25. The van der Waals surface area contributed by atoms with E-state index in [2.05, 4.69) is 31.1 Å². The van der Waals surface area contributed by atoms with Gasteiger partial charge in [-0.05, 0) is 18.2 Å². The highest BCUT2D eigenvalue weighted by Gasteiger charge is 2.24. The van der Waals surface area contributed by atoms with E-state index in [1.54, 1.807) is 13.8 Å². The number of carbonyl (C=O) groups is 1. The summed E-state index contributed by atoms with van der Waals surface area (Å²) in [5.74, 6) is -0.436. The van der Waals surface area contributed by atoms with Crippen molar-refractivity contribution in [1.82, 2.24) is 14.6 Å². The van der Waals surface area contributed by atoms with Crippen LogP contribution in [0.15, 0.2) is 28.5 Å². The van der Waals surface area contributed by atoms with E-state index in [-0.39, 0.29) is 27.4 Å². The molecule has 0 aliphatic heterocycles. The molecule has 0 bridgehead atoms. The molecule has 0 atom stereocenters. The number of hydrogen-bond donors (Lipinski definition) is 1. The number of sulfonamides is 1. The van der Waals surface area contributed by atoms with E-state index in [9.17, 15) is 13.2 Å². The molecule has 6 nitrogen and oxygen atoms in total. The molecule has 0 saturated heterocycles. The van der Waals surface area contributed by atoms with Gasteiger partial charge in [0.2, 0.25) is 10.0 Å². The van der Waals surface area contributed by atoms with Crippen LogP contribution in [-0.4, -0.2) is 36.7 Å². The summed E-state index contributed by atoms with van der Waals surface area (Å²) in [5, 5.41) is 5.73. The number of thiazole rings is 1. The van der Waals surface area contributed by atoms with Crippen LogP contribution in [0.4, 0.5) is 0 Å². The quantitative estimate of drug-likeness (QED) is 0.699. The highest BCUT2D eigenvalue weighted by Crippen LogP contribution is 2.25. The maximum absolute atomic E-state index is 12.7. The van der Waals surface area contributed by atoms with Crippen molar-refractivity contribution in [3.8, 4) is 0 Å². The molecule has 1 heterocycles. The number of rotatable bonds is 7. The number of nitrogens with zero attached hydrogens (tertiary/aromatic N) is 2. The summed E-state index contributed by atoms with van der Waals surface area (Å²) in [4.78, 5) is 17.2. The predicted octanol–water partition coefficient (Wildman–Crippen LogP) is 4.05. The first kappa shape index (κ1) is 22.8. The Morgan fingerprint density at radius 2 is 1.89 bits per heavy atom. The van der Waals surface area contributed by atoms with Crippen LogP contribution in [0.5, 0.6) is 0 Å². The van der Waals surface area contributed by atoms with E-state index in [4.69, 9.17) is 11.6 Å². The van der Waals surface area contributed by atoms with Gasteiger partial charge in [0, 0.05) is 23.9 Å². The van der Waals surface area contributed by atoms with Gasteiger partial charge in [-0.15, -0.1) is 11.3 Å². The van der Waals surface area contributed by atoms with Gasteiger partial charge in [0.25, 0.3) is 5.91 Å². The van der Waals surface area contributed by atoms with Crippen molar-refractivity contribution in [3.05, 3.63) is 44.9 Å².